The van der Waals surface area contributed by atoms with Crippen LogP contribution in [0.2, 0.25) is 0 Å². The second-order valence-corrected chi connectivity index (χ2v) is 5.75. The van der Waals surface area contributed by atoms with E-state index in [9.17, 15) is 0 Å². The van der Waals surface area contributed by atoms with Crippen molar-refractivity contribution in [2.75, 3.05) is 0 Å². The average Bonchev–Trinajstić information content (AvgIpc) is 2.53. The lowest BCUT2D eigenvalue weighted by molar-refractivity contribution is 0.908. The third kappa shape index (κ3) is 3.52. The van der Waals surface area contributed by atoms with Gasteiger partial charge in [0.2, 0.25) is 0 Å². The molecule has 0 unspecified atom stereocenters. The summed E-state index contributed by atoms with van der Waals surface area (Å²) in [5, 5.41) is 2.67. The zero-order chi connectivity index (χ0) is 14.5. The zero-order valence-corrected chi connectivity index (χ0v) is 12.7. The van der Waals surface area contributed by atoms with Crippen molar-refractivity contribution in [1.29, 1.82) is 0 Å². The molecule has 0 saturated carbocycles. The van der Waals surface area contributed by atoms with Crippen molar-refractivity contribution in [3.63, 3.8) is 0 Å². The molecule has 0 N–H and O–H groups in total. The van der Waals surface area contributed by atoms with E-state index in [1.54, 1.807) is 0 Å². The molecule has 0 aliphatic carbocycles. The topological polar surface area (TPSA) is 0 Å². The Balaban J connectivity index is 1.72. The van der Waals surface area contributed by atoms with Gasteiger partial charge in [-0.3, -0.25) is 0 Å². The van der Waals surface area contributed by atoms with Gasteiger partial charge in [0.1, 0.15) is 0 Å². The molecule has 21 heavy (non-hydrogen) atoms. The molecule has 106 valence electrons. The van der Waals surface area contributed by atoms with E-state index in [2.05, 4.69) is 73.7 Å². The molecule has 3 rings (SSSR count). The molecule has 0 radical (unpaired) electrons. The molecule has 0 saturated heterocycles. The third-order valence-corrected chi connectivity index (χ3v) is 4.05. The van der Waals surface area contributed by atoms with Gasteiger partial charge in [0.05, 0.1) is 0 Å². The minimum absolute atomic E-state index is 1.11. The molecule has 0 heterocycles. The van der Waals surface area contributed by atoms with Gasteiger partial charge in [-0.05, 0) is 46.7 Å². The van der Waals surface area contributed by atoms with Crippen LogP contribution in [0, 0.1) is 0 Å². The summed E-state index contributed by atoms with van der Waals surface area (Å²) in [6, 6.07) is 24.5. The largest absolute Gasteiger partial charge is 0.0651 e. The van der Waals surface area contributed by atoms with Crippen molar-refractivity contribution in [1.82, 2.24) is 0 Å². The maximum Gasteiger partial charge on any atom is -0.0181 e. The van der Waals surface area contributed by atoms with Crippen LogP contribution < -0.4 is 0 Å². The van der Waals surface area contributed by atoms with Crippen molar-refractivity contribution >= 4 is 10.8 Å². The monoisotopic (exact) mass is 274 g/mol. The van der Waals surface area contributed by atoms with Gasteiger partial charge in [-0.25, -0.2) is 0 Å². The van der Waals surface area contributed by atoms with E-state index >= 15 is 0 Å². The van der Waals surface area contributed by atoms with Gasteiger partial charge in [0.25, 0.3) is 0 Å². The Bertz CT molecular complexity index is 725. The summed E-state index contributed by atoms with van der Waals surface area (Å²) in [7, 11) is 0. The summed E-state index contributed by atoms with van der Waals surface area (Å²) in [6.07, 6.45) is 4.63. The van der Waals surface area contributed by atoms with Crippen LogP contribution in [0.25, 0.3) is 10.8 Å². The van der Waals surface area contributed by atoms with Crippen molar-refractivity contribution in [2.24, 2.45) is 0 Å². The molecule has 3 aromatic carbocycles. The Morgan fingerprint density at radius 3 is 2.00 bits per heavy atom. The summed E-state index contributed by atoms with van der Waals surface area (Å²) in [6.45, 7) is 2.24. The number of benzene rings is 3. The first-order chi connectivity index (χ1) is 10.3. The lowest BCUT2D eigenvalue weighted by Gasteiger charge is -2.06. The molecule has 0 bridgehead atoms. The van der Waals surface area contributed by atoms with Crippen LogP contribution in [0.3, 0.4) is 0 Å². The molecule has 0 atom stereocenters. The number of hydrogen-bond donors (Lipinski definition) is 0. The Hall–Kier alpha value is -2.08. The van der Waals surface area contributed by atoms with Gasteiger partial charge >= 0.3 is 0 Å². The van der Waals surface area contributed by atoms with Crippen LogP contribution in [0.4, 0.5) is 0 Å². The predicted molar refractivity (Wildman–Crippen MR) is 91.8 cm³/mol. The molecule has 0 aliphatic heterocycles. The van der Waals surface area contributed by atoms with Crippen LogP contribution >= 0.6 is 0 Å². The zero-order valence-electron chi connectivity index (χ0n) is 12.7. The highest BCUT2D eigenvalue weighted by Crippen LogP contribution is 2.17. The minimum Gasteiger partial charge on any atom is -0.0651 e. The highest BCUT2D eigenvalue weighted by atomic mass is 14.0. The predicted octanol–water partition coefficient (Wildman–Crippen LogP) is 5.58. The number of fused-ring (bicyclic) bond motifs is 1. The van der Waals surface area contributed by atoms with E-state index in [0.29, 0.717) is 0 Å². The average molecular weight is 274 g/mol. The van der Waals surface area contributed by atoms with Crippen LogP contribution in [0.5, 0.6) is 0 Å². The summed E-state index contributed by atoms with van der Waals surface area (Å²) in [5.74, 6) is 0. The molecule has 0 nitrogen and oxygen atoms in total. The normalized spacial score (nSPS) is 10.9. The maximum atomic E-state index is 2.37. The quantitative estimate of drug-likeness (QED) is 0.570. The van der Waals surface area contributed by atoms with E-state index in [1.165, 1.54) is 40.3 Å². The second kappa shape index (κ2) is 6.58. The van der Waals surface area contributed by atoms with E-state index in [-0.39, 0.29) is 0 Å². The lowest BCUT2D eigenvalue weighted by Crippen LogP contribution is -1.93. The number of hydrogen-bond acceptors (Lipinski definition) is 0. The molecule has 0 amide bonds. The van der Waals surface area contributed by atoms with Gasteiger partial charge < -0.3 is 0 Å². The summed E-state index contributed by atoms with van der Waals surface area (Å²) in [5.41, 5.74) is 4.34. The third-order valence-electron chi connectivity index (χ3n) is 4.05. The Labute approximate surface area is 127 Å². The van der Waals surface area contributed by atoms with Gasteiger partial charge in [-0.2, -0.15) is 0 Å². The molecule has 0 spiro atoms. The molecule has 0 aliphatic rings. The fourth-order valence-electron chi connectivity index (χ4n) is 2.91. The van der Waals surface area contributed by atoms with Crippen LogP contribution in [-0.4, -0.2) is 0 Å². The Kier molecular flexibility index (Phi) is 4.35. The fraction of sp³-hybridized carbons (Fsp3) is 0.238. The van der Waals surface area contributed by atoms with Gasteiger partial charge in [0, 0.05) is 0 Å². The van der Waals surface area contributed by atoms with Gasteiger partial charge in [-0.15, -0.1) is 0 Å². The fourth-order valence-corrected chi connectivity index (χ4v) is 2.91. The minimum atomic E-state index is 1.11. The molecule has 0 heteroatoms. The molecule has 3 aromatic rings. The SMILES string of the molecule is CCCc1cccc(CCc2ccc3ccccc3c2)c1. The van der Waals surface area contributed by atoms with E-state index in [0.717, 1.165) is 12.8 Å². The lowest BCUT2D eigenvalue weighted by atomic mass is 9.99. The second-order valence-electron chi connectivity index (χ2n) is 5.75. The standard InChI is InChI=1S/C21H22/c1-2-6-17-7-5-8-18(15-17)11-12-19-13-14-20-9-3-4-10-21(20)16-19/h3-5,7-10,13-16H,2,6,11-12H2,1H3. The van der Waals surface area contributed by atoms with E-state index < -0.39 is 0 Å². The Morgan fingerprint density at radius 2 is 1.24 bits per heavy atom. The van der Waals surface area contributed by atoms with Crippen molar-refractivity contribution in [2.45, 2.75) is 32.6 Å². The number of aryl methyl sites for hydroxylation is 3. The van der Waals surface area contributed by atoms with Crippen LogP contribution in [0.1, 0.15) is 30.0 Å². The highest BCUT2D eigenvalue weighted by molar-refractivity contribution is 5.82. The van der Waals surface area contributed by atoms with Crippen molar-refractivity contribution in [3.8, 4) is 0 Å². The van der Waals surface area contributed by atoms with Gasteiger partial charge in [0.15, 0.2) is 0 Å². The van der Waals surface area contributed by atoms with Gasteiger partial charge in [-0.1, -0.05) is 80.1 Å². The molecular weight excluding hydrogens is 252 g/mol. The highest BCUT2D eigenvalue weighted by Gasteiger charge is 1.99. The van der Waals surface area contributed by atoms with Crippen molar-refractivity contribution in [3.05, 3.63) is 83.4 Å². The first-order valence-electron chi connectivity index (χ1n) is 7.90. The van der Waals surface area contributed by atoms with E-state index in [4.69, 9.17) is 0 Å². The number of rotatable bonds is 5. The smallest absolute Gasteiger partial charge is 0.0181 e. The first kappa shape index (κ1) is 13.9. The first-order valence-corrected chi connectivity index (χ1v) is 7.90. The summed E-state index contributed by atoms with van der Waals surface area (Å²) < 4.78 is 0. The molecular formula is C21H22. The molecule has 0 aromatic heterocycles. The Morgan fingerprint density at radius 1 is 0.571 bits per heavy atom. The summed E-state index contributed by atoms with van der Waals surface area (Å²) in [4.78, 5) is 0. The molecule has 0 fully saturated rings. The van der Waals surface area contributed by atoms with Crippen LogP contribution in [-0.2, 0) is 19.3 Å². The van der Waals surface area contributed by atoms with Crippen LogP contribution in [0.15, 0.2) is 66.7 Å². The summed E-state index contributed by atoms with van der Waals surface area (Å²) >= 11 is 0. The van der Waals surface area contributed by atoms with Crippen molar-refractivity contribution < 1.29 is 0 Å². The van der Waals surface area contributed by atoms with E-state index in [1.807, 2.05) is 0 Å². The maximum absolute atomic E-state index is 2.37.